The molecule has 0 saturated carbocycles. The molecule has 2 aliphatic rings. The third kappa shape index (κ3) is 6.52. The van der Waals surface area contributed by atoms with Crippen LogP contribution in [0.15, 0.2) is 48.7 Å². The number of ether oxygens (including phenoxy) is 3. The Labute approximate surface area is 223 Å². The molecule has 3 aromatic rings. The number of nitrogens with one attached hydrogen (secondary N) is 1. The van der Waals surface area contributed by atoms with Gasteiger partial charge in [-0.1, -0.05) is 0 Å². The van der Waals surface area contributed by atoms with Crippen molar-refractivity contribution in [3.63, 3.8) is 0 Å². The third-order valence-corrected chi connectivity index (χ3v) is 7.33. The molecule has 38 heavy (non-hydrogen) atoms. The van der Waals surface area contributed by atoms with E-state index in [2.05, 4.69) is 5.32 Å². The van der Waals surface area contributed by atoms with Crippen molar-refractivity contribution in [3.8, 4) is 5.75 Å². The Hall–Kier alpha value is -3.43. The van der Waals surface area contributed by atoms with Crippen molar-refractivity contribution in [2.45, 2.75) is 38.3 Å². The molecule has 5 rings (SSSR count). The summed E-state index contributed by atoms with van der Waals surface area (Å²) in [7, 11) is 1.61. The van der Waals surface area contributed by atoms with Crippen LogP contribution >= 0.6 is 0 Å². The Bertz CT molecular complexity index is 1230. The first kappa shape index (κ1) is 26.2. The number of fused-ring (bicyclic) bond motifs is 1. The third-order valence-electron chi connectivity index (χ3n) is 7.33. The Morgan fingerprint density at radius 1 is 1.03 bits per heavy atom. The second-order valence-corrected chi connectivity index (χ2v) is 10.1. The number of likely N-dealkylation sites (tertiary alicyclic amines) is 1. The zero-order chi connectivity index (χ0) is 26.3. The van der Waals surface area contributed by atoms with E-state index in [1.807, 2.05) is 52.2 Å². The van der Waals surface area contributed by atoms with Gasteiger partial charge in [0.05, 0.1) is 25.3 Å². The predicted octanol–water partition coefficient (Wildman–Crippen LogP) is 3.52. The molecular formula is C29H36N4O5. The number of piperidine rings is 1. The maximum absolute atomic E-state index is 13.1. The van der Waals surface area contributed by atoms with E-state index < -0.39 is 0 Å². The first-order chi connectivity index (χ1) is 18.6. The van der Waals surface area contributed by atoms with E-state index >= 15 is 0 Å². The van der Waals surface area contributed by atoms with Gasteiger partial charge in [0.25, 0.3) is 11.8 Å². The summed E-state index contributed by atoms with van der Waals surface area (Å²) in [6.45, 7) is 4.70. The largest absolute Gasteiger partial charge is 0.490 e. The van der Waals surface area contributed by atoms with Crippen molar-refractivity contribution in [2.24, 2.45) is 5.92 Å². The van der Waals surface area contributed by atoms with Crippen molar-refractivity contribution < 1.29 is 23.8 Å². The fourth-order valence-corrected chi connectivity index (χ4v) is 5.11. The molecule has 2 saturated heterocycles. The van der Waals surface area contributed by atoms with Gasteiger partial charge in [0.15, 0.2) is 0 Å². The molecule has 2 fully saturated rings. The van der Waals surface area contributed by atoms with E-state index in [0.717, 1.165) is 75.2 Å². The maximum Gasteiger partial charge on any atom is 0.253 e. The predicted molar refractivity (Wildman–Crippen MR) is 143 cm³/mol. The molecule has 9 heteroatoms. The summed E-state index contributed by atoms with van der Waals surface area (Å²) in [5, 5.41) is 8.49. The molecule has 2 amide bonds. The highest BCUT2D eigenvalue weighted by molar-refractivity contribution is 5.97. The number of hydrogen-bond donors (Lipinski definition) is 1. The smallest absolute Gasteiger partial charge is 0.253 e. The molecule has 1 aromatic heterocycles. The molecule has 0 atom stereocenters. The van der Waals surface area contributed by atoms with Crippen LogP contribution in [-0.4, -0.2) is 79.2 Å². The zero-order valence-electron chi connectivity index (χ0n) is 21.9. The fraction of sp³-hybridized carbons (Fsp3) is 0.483. The number of amides is 2. The van der Waals surface area contributed by atoms with E-state index in [0.29, 0.717) is 30.2 Å². The van der Waals surface area contributed by atoms with Crippen molar-refractivity contribution >= 4 is 22.7 Å². The molecule has 2 aliphatic heterocycles. The summed E-state index contributed by atoms with van der Waals surface area (Å²) in [5.41, 5.74) is 2.18. The number of rotatable bonds is 9. The molecule has 0 bridgehead atoms. The second-order valence-electron chi connectivity index (χ2n) is 10.1. The summed E-state index contributed by atoms with van der Waals surface area (Å²) < 4.78 is 18.4. The van der Waals surface area contributed by atoms with E-state index in [1.165, 1.54) is 0 Å². The first-order valence-electron chi connectivity index (χ1n) is 13.5. The highest BCUT2D eigenvalue weighted by atomic mass is 16.5. The van der Waals surface area contributed by atoms with Crippen LogP contribution < -0.4 is 10.1 Å². The van der Waals surface area contributed by atoms with E-state index in [-0.39, 0.29) is 17.9 Å². The van der Waals surface area contributed by atoms with Crippen LogP contribution in [0.1, 0.15) is 46.4 Å². The Morgan fingerprint density at radius 3 is 2.50 bits per heavy atom. The summed E-state index contributed by atoms with van der Waals surface area (Å²) >= 11 is 0. The zero-order valence-corrected chi connectivity index (χ0v) is 21.9. The average molecular weight is 521 g/mol. The standard InChI is InChI=1S/C29H36N4O5/c1-36-17-12-30-28(34)23-4-7-27-24(18-23)20-33(31-27)19-21-8-13-32(14-9-21)29(35)22-2-5-25(6-3-22)38-26-10-15-37-16-11-26/h2-7,18,20-21,26H,8-17,19H2,1H3,(H,30,34). The fourth-order valence-electron chi connectivity index (χ4n) is 5.11. The number of carbonyl (C=O) groups excluding carboxylic acids is 2. The van der Waals surface area contributed by atoms with Gasteiger partial charge in [0, 0.05) is 68.8 Å². The summed E-state index contributed by atoms with van der Waals surface area (Å²) in [4.78, 5) is 27.3. The van der Waals surface area contributed by atoms with Crippen LogP contribution in [0.5, 0.6) is 5.75 Å². The van der Waals surface area contributed by atoms with Gasteiger partial charge in [-0.05, 0) is 61.2 Å². The van der Waals surface area contributed by atoms with Crippen LogP contribution in [0.4, 0.5) is 0 Å². The number of hydrogen-bond acceptors (Lipinski definition) is 6. The van der Waals surface area contributed by atoms with Crippen LogP contribution in [0.2, 0.25) is 0 Å². The Balaban J connectivity index is 1.11. The molecule has 2 aromatic carbocycles. The normalized spacial score (nSPS) is 17.0. The SMILES string of the molecule is COCCNC(=O)c1ccc2nn(CC3CCN(C(=O)c4ccc(OC5CCOCC5)cc4)CC3)cc2c1. The topological polar surface area (TPSA) is 94.9 Å². The minimum atomic E-state index is -0.116. The van der Waals surface area contributed by atoms with Gasteiger partial charge in [-0.3, -0.25) is 14.3 Å². The van der Waals surface area contributed by atoms with Crippen LogP contribution in [0.25, 0.3) is 10.9 Å². The van der Waals surface area contributed by atoms with Gasteiger partial charge < -0.3 is 24.4 Å². The Morgan fingerprint density at radius 2 is 1.76 bits per heavy atom. The number of carbonyl (C=O) groups is 2. The molecule has 3 heterocycles. The summed E-state index contributed by atoms with van der Waals surface area (Å²) in [5.74, 6) is 1.20. The van der Waals surface area contributed by atoms with E-state index in [9.17, 15) is 9.59 Å². The van der Waals surface area contributed by atoms with Gasteiger partial charge in [-0.25, -0.2) is 0 Å². The van der Waals surface area contributed by atoms with Crippen LogP contribution in [0.3, 0.4) is 0 Å². The number of aromatic nitrogens is 2. The average Bonchev–Trinajstić information content (AvgIpc) is 3.35. The lowest BCUT2D eigenvalue weighted by Crippen LogP contribution is -2.39. The van der Waals surface area contributed by atoms with Crippen molar-refractivity contribution in [1.29, 1.82) is 0 Å². The lowest BCUT2D eigenvalue weighted by Gasteiger charge is -2.32. The van der Waals surface area contributed by atoms with Gasteiger partial charge in [-0.2, -0.15) is 5.10 Å². The molecule has 0 aliphatic carbocycles. The lowest BCUT2D eigenvalue weighted by atomic mass is 9.96. The summed E-state index contributed by atoms with van der Waals surface area (Å²) in [6.07, 6.45) is 5.85. The van der Waals surface area contributed by atoms with Gasteiger partial charge >= 0.3 is 0 Å². The van der Waals surface area contributed by atoms with Gasteiger partial charge in [0.1, 0.15) is 11.9 Å². The molecule has 0 unspecified atom stereocenters. The number of benzene rings is 2. The van der Waals surface area contributed by atoms with Gasteiger partial charge in [0.2, 0.25) is 0 Å². The lowest BCUT2D eigenvalue weighted by molar-refractivity contribution is 0.0255. The first-order valence-corrected chi connectivity index (χ1v) is 13.5. The molecule has 9 nitrogen and oxygen atoms in total. The van der Waals surface area contributed by atoms with E-state index in [1.54, 1.807) is 13.2 Å². The monoisotopic (exact) mass is 520 g/mol. The minimum Gasteiger partial charge on any atom is -0.490 e. The van der Waals surface area contributed by atoms with Crippen molar-refractivity contribution in [1.82, 2.24) is 20.0 Å². The molecule has 0 spiro atoms. The number of methoxy groups -OCH3 is 1. The van der Waals surface area contributed by atoms with Gasteiger partial charge in [-0.15, -0.1) is 0 Å². The highest BCUT2D eigenvalue weighted by Crippen LogP contribution is 2.24. The second kappa shape index (κ2) is 12.4. The van der Waals surface area contributed by atoms with Crippen molar-refractivity contribution in [2.75, 3.05) is 46.6 Å². The summed E-state index contributed by atoms with van der Waals surface area (Å²) in [6, 6.07) is 13.1. The minimum absolute atomic E-state index is 0.0715. The highest BCUT2D eigenvalue weighted by Gasteiger charge is 2.24. The Kier molecular flexibility index (Phi) is 8.55. The van der Waals surface area contributed by atoms with E-state index in [4.69, 9.17) is 19.3 Å². The molecule has 1 N–H and O–H groups in total. The quantitative estimate of drug-likeness (QED) is 0.434. The number of nitrogens with zero attached hydrogens (tertiary/aromatic N) is 3. The molecular weight excluding hydrogens is 484 g/mol. The van der Waals surface area contributed by atoms with Crippen molar-refractivity contribution in [3.05, 3.63) is 59.8 Å². The maximum atomic E-state index is 13.1. The molecule has 202 valence electrons. The van der Waals surface area contributed by atoms with Crippen LogP contribution in [0, 0.1) is 5.92 Å². The molecule has 0 radical (unpaired) electrons. The van der Waals surface area contributed by atoms with Crippen LogP contribution in [-0.2, 0) is 16.0 Å².